The summed E-state index contributed by atoms with van der Waals surface area (Å²) in [6, 6.07) is 0.640. The van der Waals surface area contributed by atoms with Gasteiger partial charge in [0.05, 0.1) is 6.10 Å². The van der Waals surface area contributed by atoms with Crippen molar-refractivity contribution in [3.8, 4) is 0 Å². The number of aliphatic hydroxyl groups excluding tert-OH is 1. The van der Waals surface area contributed by atoms with Gasteiger partial charge in [-0.2, -0.15) is 0 Å². The molecule has 0 aromatic rings. The second-order valence-electron chi connectivity index (χ2n) is 4.72. The molecule has 0 radical (unpaired) electrons. The van der Waals surface area contributed by atoms with E-state index in [4.69, 9.17) is 5.11 Å². The second-order valence-corrected chi connectivity index (χ2v) is 4.72. The Morgan fingerprint density at radius 2 is 2.00 bits per heavy atom. The van der Waals surface area contributed by atoms with Crippen molar-refractivity contribution in [2.24, 2.45) is 11.8 Å². The Kier molecular flexibility index (Phi) is 4.20. The molecule has 4 atom stereocenters. The lowest BCUT2D eigenvalue weighted by molar-refractivity contribution is 0.167. The fourth-order valence-corrected chi connectivity index (χ4v) is 2.07. The van der Waals surface area contributed by atoms with Crippen molar-refractivity contribution in [1.29, 1.82) is 0 Å². The summed E-state index contributed by atoms with van der Waals surface area (Å²) in [5, 5.41) is 12.6. The van der Waals surface area contributed by atoms with E-state index in [2.05, 4.69) is 19.2 Å². The molecule has 0 saturated heterocycles. The van der Waals surface area contributed by atoms with Crippen molar-refractivity contribution in [2.45, 2.75) is 52.2 Å². The number of aliphatic hydroxyl groups is 1. The van der Waals surface area contributed by atoms with E-state index in [1.807, 2.05) is 6.92 Å². The number of nitrogens with one attached hydrogen (secondary N) is 1. The maximum atomic E-state index is 9.14. The number of rotatable bonds is 3. The van der Waals surface area contributed by atoms with Gasteiger partial charge in [-0.25, -0.2) is 0 Å². The van der Waals surface area contributed by atoms with E-state index < -0.39 is 0 Å². The molecule has 0 heterocycles. The third kappa shape index (κ3) is 3.65. The summed E-state index contributed by atoms with van der Waals surface area (Å²) in [6.07, 6.45) is 3.67. The van der Waals surface area contributed by atoms with Gasteiger partial charge >= 0.3 is 0 Å². The zero-order valence-electron chi connectivity index (χ0n) is 9.09. The minimum atomic E-state index is -0.213. The van der Waals surface area contributed by atoms with E-state index in [0.717, 1.165) is 18.4 Å². The Balaban J connectivity index is 2.21. The lowest BCUT2D eigenvalue weighted by Gasteiger charge is -2.32. The summed E-state index contributed by atoms with van der Waals surface area (Å²) in [5.41, 5.74) is 0. The van der Waals surface area contributed by atoms with E-state index in [1.165, 1.54) is 19.3 Å². The first-order valence-corrected chi connectivity index (χ1v) is 5.51. The Morgan fingerprint density at radius 3 is 2.54 bits per heavy atom. The van der Waals surface area contributed by atoms with Gasteiger partial charge in [-0.1, -0.05) is 13.8 Å². The maximum Gasteiger partial charge on any atom is 0.0636 e. The molecular weight excluding hydrogens is 162 g/mol. The molecule has 1 aliphatic rings. The smallest absolute Gasteiger partial charge is 0.0636 e. The highest BCUT2D eigenvalue weighted by Gasteiger charge is 2.23. The van der Waals surface area contributed by atoms with Gasteiger partial charge in [-0.05, 0) is 38.0 Å². The minimum absolute atomic E-state index is 0.213. The lowest BCUT2D eigenvalue weighted by Crippen LogP contribution is -2.39. The Labute approximate surface area is 81.7 Å². The fourth-order valence-electron chi connectivity index (χ4n) is 2.07. The monoisotopic (exact) mass is 185 g/mol. The average Bonchev–Trinajstić information content (AvgIpc) is 2.07. The molecule has 78 valence electrons. The van der Waals surface area contributed by atoms with E-state index in [9.17, 15) is 0 Å². The first kappa shape index (κ1) is 11.0. The summed E-state index contributed by atoms with van der Waals surface area (Å²) < 4.78 is 0. The molecule has 0 aromatic heterocycles. The molecular formula is C11H23NO. The number of hydrogen-bond acceptors (Lipinski definition) is 2. The quantitative estimate of drug-likeness (QED) is 0.702. The maximum absolute atomic E-state index is 9.14. The van der Waals surface area contributed by atoms with Crippen LogP contribution in [0.1, 0.15) is 40.0 Å². The number of hydrogen-bond donors (Lipinski definition) is 2. The summed E-state index contributed by atoms with van der Waals surface area (Å²) >= 11 is 0. The average molecular weight is 185 g/mol. The predicted molar refractivity (Wildman–Crippen MR) is 55.7 cm³/mol. The van der Waals surface area contributed by atoms with Crippen LogP contribution < -0.4 is 5.32 Å². The molecule has 1 fully saturated rings. The topological polar surface area (TPSA) is 32.3 Å². The fraction of sp³-hybridized carbons (Fsp3) is 1.00. The third-order valence-electron chi connectivity index (χ3n) is 3.30. The van der Waals surface area contributed by atoms with Crippen LogP contribution in [0.25, 0.3) is 0 Å². The molecule has 1 aliphatic carbocycles. The molecule has 0 bridgehead atoms. The second kappa shape index (κ2) is 4.97. The third-order valence-corrected chi connectivity index (χ3v) is 3.30. The van der Waals surface area contributed by atoms with Crippen LogP contribution in [-0.4, -0.2) is 23.8 Å². The Bertz CT molecular complexity index is 147. The molecule has 2 nitrogen and oxygen atoms in total. The molecule has 2 N–H and O–H groups in total. The van der Waals surface area contributed by atoms with Crippen LogP contribution >= 0.6 is 0 Å². The predicted octanol–water partition coefficient (Wildman–Crippen LogP) is 1.78. The highest BCUT2D eigenvalue weighted by molar-refractivity contribution is 4.79. The summed E-state index contributed by atoms with van der Waals surface area (Å²) in [5.74, 6) is 1.71. The van der Waals surface area contributed by atoms with Crippen LogP contribution in [0.3, 0.4) is 0 Å². The molecule has 0 aromatic carbocycles. The minimum Gasteiger partial charge on any atom is -0.392 e. The van der Waals surface area contributed by atoms with Crippen molar-refractivity contribution in [3.05, 3.63) is 0 Å². The summed E-state index contributed by atoms with van der Waals surface area (Å²) in [6.45, 7) is 7.25. The van der Waals surface area contributed by atoms with E-state index >= 15 is 0 Å². The first-order chi connectivity index (χ1) is 6.09. The first-order valence-electron chi connectivity index (χ1n) is 5.51. The molecule has 13 heavy (non-hydrogen) atoms. The summed E-state index contributed by atoms with van der Waals surface area (Å²) in [4.78, 5) is 0. The Morgan fingerprint density at radius 1 is 1.31 bits per heavy atom. The van der Waals surface area contributed by atoms with Crippen LogP contribution in [0.15, 0.2) is 0 Å². The molecule has 1 saturated carbocycles. The zero-order chi connectivity index (χ0) is 9.84. The van der Waals surface area contributed by atoms with Gasteiger partial charge in [0, 0.05) is 12.6 Å². The highest BCUT2D eigenvalue weighted by atomic mass is 16.3. The molecule has 0 amide bonds. The van der Waals surface area contributed by atoms with E-state index in [1.54, 1.807) is 0 Å². The zero-order valence-corrected chi connectivity index (χ0v) is 9.09. The Hall–Kier alpha value is -0.0800. The molecule has 0 spiro atoms. The van der Waals surface area contributed by atoms with Gasteiger partial charge in [-0.3, -0.25) is 0 Å². The van der Waals surface area contributed by atoms with Crippen molar-refractivity contribution in [1.82, 2.24) is 5.32 Å². The van der Waals surface area contributed by atoms with Gasteiger partial charge in [0.1, 0.15) is 0 Å². The molecule has 2 heteroatoms. The standard InChI is InChI=1S/C11H23NO/c1-8-4-5-11(6-9(8)2)12-7-10(3)13/h8-13H,4-7H2,1-3H3/t8?,9?,10-,11?/m0/s1. The SMILES string of the molecule is CC1CCC(NC[C@H](C)O)CC1C. The van der Waals surface area contributed by atoms with Crippen LogP contribution in [-0.2, 0) is 0 Å². The molecule has 3 unspecified atom stereocenters. The van der Waals surface area contributed by atoms with Crippen molar-refractivity contribution >= 4 is 0 Å². The van der Waals surface area contributed by atoms with Gasteiger partial charge in [0.2, 0.25) is 0 Å². The van der Waals surface area contributed by atoms with Gasteiger partial charge in [-0.15, -0.1) is 0 Å². The molecule has 0 aliphatic heterocycles. The molecule has 1 rings (SSSR count). The summed E-state index contributed by atoms with van der Waals surface area (Å²) in [7, 11) is 0. The van der Waals surface area contributed by atoms with Crippen LogP contribution in [0.5, 0.6) is 0 Å². The van der Waals surface area contributed by atoms with Crippen LogP contribution in [0.2, 0.25) is 0 Å². The van der Waals surface area contributed by atoms with Gasteiger partial charge < -0.3 is 10.4 Å². The van der Waals surface area contributed by atoms with Crippen molar-refractivity contribution < 1.29 is 5.11 Å². The van der Waals surface area contributed by atoms with Crippen LogP contribution in [0.4, 0.5) is 0 Å². The van der Waals surface area contributed by atoms with Crippen molar-refractivity contribution in [2.75, 3.05) is 6.54 Å². The van der Waals surface area contributed by atoms with E-state index in [0.29, 0.717) is 6.04 Å². The largest absolute Gasteiger partial charge is 0.392 e. The van der Waals surface area contributed by atoms with Gasteiger partial charge in [0.25, 0.3) is 0 Å². The van der Waals surface area contributed by atoms with Crippen LogP contribution in [0, 0.1) is 11.8 Å². The normalized spacial score (nSPS) is 37.4. The van der Waals surface area contributed by atoms with Crippen molar-refractivity contribution in [3.63, 3.8) is 0 Å². The highest BCUT2D eigenvalue weighted by Crippen LogP contribution is 2.29. The lowest BCUT2D eigenvalue weighted by atomic mass is 9.79. The van der Waals surface area contributed by atoms with E-state index in [-0.39, 0.29) is 6.10 Å². The van der Waals surface area contributed by atoms with Gasteiger partial charge in [0.15, 0.2) is 0 Å².